The molecule has 7 nitrogen and oxygen atoms in total. The molecule has 1 heterocycles. The summed E-state index contributed by atoms with van der Waals surface area (Å²) in [6, 6.07) is 0. The van der Waals surface area contributed by atoms with E-state index in [1.54, 1.807) is 11.6 Å². The zero-order valence-electron chi connectivity index (χ0n) is 10.6. The number of ether oxygens (including phenoxy) is 1. The lowest BCUT2D eigenvalue weighted by molar-refractivity contribution is 0.158. The molecular weight excluding hydrogens is 258 g/mol. The minimum Gasteiger partial charge on any atom is -0.449 e. The Morgan fingerprint density at radius 3 is 2.89 bits per heavy atom. The van der Waals surface area contributed by atoms with E-state index >= 15 is 0 Å². The van der Waals surface area contributed by atoms with Gasteiger partial charge in [-0.2, -0.15) is 13.1 Å². The Labute approximate surface area is 108 Å². The number of hydrogen-bond acceptors (Lipinski definition) is 5. The van der Waals surface area contributed by atoms with Gasteiger partial charge in [-0.15, -0.1) is 0 Å². The molecule has 0 aromatic carbocycles. The molecule has 0 spiro atoms. The molecule has 0 aromatic heterocycles. The van der Waals surface area contributed by atoms with Gasteiger partial charge in [0.25, 0.3) is 0 Å². The molecule has 0 radical (unpaired) electrons. The van der Waals surface area contributed by atoms with Gasteiger partial charge in [0.05, 0.1) is 6.61 Å². The lowest BCUT2D eigenvalue weighted by Crippen LogP contribution is -2.41. The third-order valence-corrected chi connectivity index (χ3v) is 3.76. The van der Waals surface area contributed by atoms with E-state index in [0.29, 0.717) is 12.5 Å². The van der Waals surface area contributed by atoms with Crippen LogP contribution in [-0.4, -0.2) is 40.8 Å². The highest BCUT2D eigenvalue weighted by molar-refractivity contribution is 7.88. The molecule has 0 saturated carbocycles. The molecule has 8 heteroatoms. The summed E-state index contributed by atoms with van der Waals surface area (Å²) in [5.41, 5.74) is 0. The third kappa shape index (κ3) is 6.18. The van der Waals surface area contributed by atoms with Crippen LogP contribution in [0, 0.1) is 5.92 Å². The second kappa shape index (κ2) is 7.55. The monoisotopic (exact) mass is 279 g/mol. The van der Waals surface area contributed by atoms with Crippen LogP contribution in [0.25, 0.3) is 0 Å². The largest absolute Gasteiger partial charge is 0.449 e. The number of rotatable bonds is 6. The molecule has 1 aliphatic rings. The molecule has 1 amide bonds. The van der Waals surface area contributed by atoms with Crippen LogP contribution in [0.15, 0.2) is 0 Å². The molecule has 3 N–H and O–H groups in total. The van der Waals surface area contributed by atoms with Crippen LogP contribution in [0.3, 0.4) is 0 Å². The Morgan fingerprint density at radius 2 is 2.28 bits per heavy atom. The van der Waals surface area contributed by atoms with Crippen molar-refractivity contribution in [2.75, 3.05) is 26.2 Å². The van der Waals surface area contributed by atoms with Gasteiger partial charge < -0.3 is 10.1 Å². The van der Waals surface area contributed by atoms with Crippen molar-refractivity contribution in [3.8, 4) is 0 Å². The predicted octanol–water partition coefficient (Wildman–Crippen LogP) is -0.0434. The van der Waals surface area contributed by atoms with Gasteiger partial charge >= 0.3 is 16.3 Å². The van der Waals surface area contributed by atoms with Crippen molar-refractivity contribution >= 4 is 16.3 Å². The Morgan fingerprint density at radius 1 is 1.50 bits per heavy atom. The first-order valence-corrected chi connectivity index (χ1v) is 7.66. The van der Waals surface area contributed by atoms with Crippen LogP contribution < -0.4 is 14.8 Å². The fourth-order valence-corrected chi connectivity index (χ4v) is 2.61. The number of carbonyl (C=O) groups is 1. The van der Waals surface area contributed by atoms with Crippen LogP contribution in [0.2, 0.25) is 0 Å². The number of nitrogens with one attached hydrogen (secondary N) is 3. The summed E-state index contributed by atoms with van der Waals surface area (Å²) in [6.45, 7) is 4.02. The van der Waals surface area contributed by atoms with Crippen molar-refractivity contribution < 1.29 is 17.9 Å². The van der Waals surface area contributed by atoms with E-state index in [-0.39, 0.29) is 6.61 Å². The van der Waals surface area contributed by atoms with Gasteiger partial charge in [-0.25, -0.2) is 9.52 Å². The summed E-state index contributed by atoms with van der Waals surface area (Å²) in [6.07, 6.45) is 2.04. The fraction of sp³-hybridized carbons (Fsp3) is 0.900. The summed E-state index contributed by atoms with van der Waals surface area (Å²) >= 11 is 0. The highest BCUT2D eigenvalue weighted by atomic mass is 32.2. The van der Waals surface area contributed by atoms with E-state index in [4.69, 9.17) is 0 Å². The average molecular weight is 279 g/mol. The average Bonchev–Trinajstić information content (AvgIpc) is 2.29. The highest BCUT2D eigenvalue weighted by Gasteiger charge is 2.16. The minimum atomic E-state index is -3.80. The fourth-order valence-electron chi connectivity index (χ4n) is 1.87. The van der Waals surface area contributed by atoms with Crippen LogP contribution in [0.4, 0.5) is 4.79 Å². The van der Waals surface area contributed by atoms with Crippen molar-refractivity contribution in [3.63, 3.8) is 0 Å². The number of hydrogen-bond donors (Lipinski definition) is 3. The van der Waals surface area contributed by atoms with Gasteiger partial charge in [-0.3, -0.25) is 0 Å². The molecule has 1 atom stereocenters. The van der Waals surface area contributed by atoms with Crippen molar-refractivity contribution in [3.05, 3.63) is 0 Å². The van der Waals surface area contributed by atoms with Gasteiger partial charge in [0.1, 0.15) is 0 Å². The molecule has 0 bridgehead atoms. The Hall–Kier alpha value is -0.860. The first kappa shape index (κ1) is 15.2. The number of carbonyl (C=O) groups excluding carboxylic acids is 1. The van der Waals surface area contributed by atoms with Gasteiger partial charge in [-0.1, -0.05) is 0 Å². The maximum atomic E-state index is 11.4. The van der Waals surface area contributed by atoms with E-state index in [1.807, 2.05) is 0 Å². The maximum absolute atomic E-state index is 11.4. The second-order valence-corrected chi connectivity index (χ2v) is 5.72. The summed E-state index contributed by atoms with van der Waals surface area (Å²) in [4.78, 5) is 11.0. The zero-order chi connectivity index (χ0) is 13.4. The van der Waals surface area contributed by atoms with Crippen LogP contribution in [0.1, 0.15) is 26.2 Å². The normalized spacial score (nSPS) is 20.4. The molecule has 106 valence electrons. The van der Waals surface area contributed by atoms with Gasteiger partial charge in [0.2, 0.25) is 0 Å². The van der Waals surface area contributed by atoms with E-state index in [1.165, 1.54) is 0 Å². The summed E-state index contributed by atoms with van der Waals surface area (Å²) < 4.78 is 31.4. The van der Waals surface area contributed by atoms with Gasteiger partial charge in [0.15, 0.2) is 0 Å². The topological polar surface area (TPSA) is 96.5 Å². The lowest BCUT2D eigenvalue weighted by atomic mass is 9.96. The summed E-state index contributed by atoms with van der Waals surface area (Å²) in [5.74, 6) is 0.490. The molecular formula is C10H21N3O4S. The molecule has 1 unspecified atom stereocenters. The van der Waals surface area contributed by atoms with Crippen molar-refractivity contribution in [2.45, 2.75) is 26.2 Å². The third-order valence-electron chi connectivity index (χ3n) is 2.74. The quantitative estimate of drug-likeness (QED) is 0.634. The highest BCUT2D eigenvalue weighted by Crippen LogP contribution is 2.12. The van der Waals surface area contributed by atoms with Crippen LogP contribution >= 0.6 is 0 Å². The number of piperidine rings is 1. The first-order valence-electron chi connectivity index (χ1n) is 6.18. The maximum Gasteiger partial charge on any atom is 0.421 e. The van der Waals surface area contributed by atoms with E-state index in [2.05, 4.69) is 14.8 Å². The standard InChI is InChI=1S/C10H21N3O4S/c1-2-17-10(14)13-18(15,16)12-7-5-9-4-3-6-11-8-9/h9,11-12H,2-8H2,1H3,(H,13,14). The smallest absolute Gasteiger partial charge is 0.421 e. The molecule has 1 saturated heterocycles. The van der Waals surface area contributed by atoms with Crippen molar-refractivity contribution in [1.29, 1.82) is 0 Å². The van der Waals surface area contributed by atoms with E-state index < -0.39 is 16.3 Å². The molecule has 0 aromatic rings. The van der Waals surface area contributed by atoms with Gasteiger partial charge in [0, 0.05) is 6.54 Å². The van der Waals surface area contributed by atoms with Gasteiger partial charge in [-0.05, 0) is 45.2 Å². The second-order valence-electron chi connectivity index (χ2n) is 4.22. The first-order chi connectivity index (χ1) is 8.53. The van der Waals surface area contributed by atoms with Crippen LogP contribution in [0.5, 0.6) is 0 Å². The Bertz CT molecular complexity index is 352. The van der Waals surface area contributed by atoms with Crippen molar-refractivity contribution in [1.82, 2.24) is 14.8 Å². The Balaban J connectivity index is 2.22. The van der Waals surface area contributed by atoms with E-state index in [0.717, 1.165) is 32.4 Å². The minimum absolute atomic E-state index is 0.134. The zero-order valence-corrected chi connectivity index (χ0v) is 11.4. The molecule has 1 rings (SSSR count). The molecule has 1 aliphatic heterocycles. The van der Waals surface area contributed by atoms with Crippen LogP contribution in [-0.2, 0) is 14.9 Å². The number of amides is 1. The summed E-state index contributed by atoms with van der Waals surface area (Å²) in [5, 5.41) is 3.26. The molecule has 1 fully saturated rings. The molecule has 0 aliphatic carbocycles. The molecule has 18 heavy (non-hydrogen) atoms. The Kier molecular flexibility index (Phi) is 6.37. The summed E-state index contributed by atoms with van der Waals surface area (Å²) in [7, 11) is -3.80. The van der Waals surface area contributed by atoms with Crippen molar-refractivity contribution in [2.24, 2.45) is 5.92 Å². The SMILES string of the molecule is CCOC(=O)NS(=O)(=O)NCCC1CCCNC1. The lowest BCUT2D eigenvalue weighted by Gasteiger charge is -2.22. The van der Waals surface area contributed by atoms with E-state index in [9.17, 15) is 13.2 Å². The predicted molar refractivity (Wildman–Crippen MR) is 67.3 cm³/mol.